The number of morpholine rings is 1. The third-order valence-corrected chi connectivity index (χ3v) is 5.26. The fraction of sp³-hybridized carbons (Fsp3) is 0.588. The van der Waals surface area contributed by atoms with E-state index in [1.807, 2.05) is 23.1 Å². The van der Waals surface area contributed by atoms with E-state index in [4.69, 9.17) is 27.9 Å². The predicted molar refractivity (Wildman–Crippen MR) is 95.7 cm³/mol. The summed E-state index contributed by atoms with van der Waals surface area (Å²) in [5, 5.41) is 4.33. The topological polar surface area (TPSA) is 44.8 Å². The van der Waals surface area contributed by atoms with Crippen molar-refractivity contribution in [3.63, 3.8) is 0 Å². The molecule has 2 heterocycles. The number of ether oxygens (including phenoxy) is 1. The minimum absolute atomic E-state index is 0.0275. The summed E-state index contributed by atoms with van der Waals surface area (Å²) in [6.07, 6.45) is 2.10. The van der Waals surface area contributed by atoms with Crippen LogP contribution in [0.2, 0.25) is 10.0 Å². The number of piperidine rings is 1. The van der Waals surface area contributed by atoms with Crippen LogP contribution in [0.4, 0.5) is 4.79 Å². The number of rotatable bonds is 3. The average molecular weight is 372 g/mol. The number of hydrogen-bond donors (Lipinski definition) is 1. The maximum absolute atomic E-state index is 12.3. The van der Waals surface area contributed by atoms with E-state index in [0.717, 1.165) is 38.0 Å². The van der Waals surface area contributed by atoms with Gasteiger partial charge in [0.2, 0.25) is 0 Å². The minimum Gasteiger partial charge on any atom is -0.378 e. The van der Waals surface area contributed by atoms with E-state index in [-0.39, 0.29) is 12.1 Å². The number of hydrogen-bond acceptors (Lipinski definition) is 3. The van der Waals surface area contributed by atoms with Crippen molar-refractivity contribution < 1.29 is 9.53 Å². The lowest BCUT2D eigenvalue weighted by atomic mass is 10.0. The number of benzene rings is 1. The van der Waals surface area contributed by atoms with Crippen molar-refractivity contribution in [3.05, 3.63) is 33.8 Å². The lowest BCUT2D eigenvalue weighted by Gasteiger charge is -2.35. The molecule has 0 radical (unpaired) electrons. The summed E-state index contributed by atoms with van der Waals surface area (Å²) >= 11 is 12.1. The second kappa shape index (κ2) is 8.39. The molecule has 0 aromatic heterocycles. The van der Waals surface area contributed by atoms with Gasteiger partial charge in [0, 0.05) is 32.2 Å². The molecule has 2 aliphatic heterocycles. The summed E-state index contributed by atoms with van der Waals surface area (Å²) < 4.78 is 5.29. The van der Waals surface area contributed by atoms with E-state index < -0.39 is 0 Å². The molecule has 0 bridgehead atoms. The Morgan fingerprint density at radius 3 is 2.75 bits per heavy atom. The first-order valence-electron chi connectivity index (χ1n) is 8.41. The number of halogens is 2. The van der Waals surface area contributed by atoms with E-state index in [1.54, 1.807) is 0 Å². The van der Waals surface area contributed by atoms with E-state index in [0.29, 0.717) is 36.3 Å². The van der Waals surface area contributed by atoms with Crippen LogP contribution in [0.3, 0.4) is 0 Å². The molecule has 1 aromatic carbocycles. The smallest absolute Gasteiger partial charge is 0.317 e. The van der Waals surface area contributed by atoms with Gasteiger partial charge in [-0.1, -0.05) is 29.3 Å². The molecule has 1 aromatic rings. The molecule has 7 heteroatoms. The molecule has 2 saturated heterocycles. The molecule has 132 valence electrons. The van der Waals surface area contributed by atoms with Crippen LogP contribution >= 0.6 is 23.2 Å². The molecule has 1 unspecified atom stereocenters. The molecular formula is C17H23Cl2N3O2. The Balaban J connectivity index is 1.52. The number of nitrogens with zero attached hydrogens (tertiary/aromatic N) is 2. The number of urea groups is 1. The summed E-state index contributed by atoms with van der Waals surface area (Å²) in [6, 6.07) is 5.97. The maximum Gasteiger partial charge on any atom is 0.317 e. The third kappa shape index (κ3) is 4.76. The predicted octanol–water partition coefficient (Wildman–Crippen LogP) is 3.00. The lowest BCUT2D eigenvalue weighted by molar-refractivity contribution is 0.0513. The van der Waals surface area contributed by atoms with Crippen molar-refractivity contribution in [2.45, 2.75) is 25.4 Å². The minimum atomic E-state index is 0.0275. The van der Waals surface area contributed by atoms with Gasteiger partial charge >= 0.3 is 6.03 Å². The monoisotopic (exact) mass is 371 g/mol. The van der Waals surface area contributed by atoms with Crippen LogP contribution in [-0.4, -0.2) is 61.3 Å². The molecule has 2 amide bonds. The SMILES string of the molecule is O=C(NC1CCCN(Cc2ccc(Cl)c(Cl)c2)C1)N1CCOCC1. The van der Waals surface area contributed by atoms with Crippen molar-refractivity contribution in [1.82, 2.24) is 15.1 Å². The van der Waals surface area contributed by atoms with Crippen LogP contribution in [0, 0.1) is 0 Å². The second-order valence-electron chi connectivity index (χ2n) is 6.37. The van der Waals surface area contributed by atoms with E-state index >= 15 is 0 Å². The average Bonchev–Trinajstić information content (AvgIpc) is 2.59. The molecule has 1 N–H and O–H groups in total. The zero-order valence-electron chi connectivity index (χ0n) is 13.6. The van der Waals surface area contributed by atoms with E-state index in [9.17, 15) is 4.79 Å². The molecule has 5 nitrogen and oxygen atoms in total. The lowest BCUT2D eigenvalue weighted by Crippen LogP contribution is -2.53. The molecular weight excluding hydrogens is 349 g/mol. The summed E-state index contributed by atoms with van der Waals surface area (Å²) in [7, 11) is 0. The van der Waals surface area contributed by atoms with Crippen LogP contribution in [-0.2, 0) is 11.3 Å². The number of carbonyl (C=O) groups is 1. The van der Waals surface area contributed by atoms with Gasteiger partial charge in [-0.05, 0) is 37.1 Å². The first kappa shape index (κ1) is 17.8. The van der Waals surface area contributed by atoms with E-state index in [2.05, 4.69) is 10.2 Å². The van der Waals surface area contributed by atoms with Crippen LogP contribution in [0.25, 0.3) is 0 Å². The van der Waals surface area contributed by atoms with Gasteiger partial charge in [0.05, 0.1) is 23.3 Å². The summed E-state index contributed by atoms with van der Waals surface area (Å²) in [5.74, 6) is 0. The van der Waals surface area contributed by atoms with Crippen LogP contribution in [0.5, 0.6) is 0 Å². The standard InChI is InChI=1S/C17H23Cl2N3O2/c18-15-4-3-13(10-16(15)19)11-21-5-1-2-14(12-21)20-17(23)22-6-8-24-9-7-22/h3-4,10,14H,1-2,5-9,11-12H2,(H,20,23). The number of amides is 2. The number of nitrogens with one attached hydrogen (secondary N) is 1. The quantitative estimate of drug-likeness (QED) is 0.887. The maximum atomic E-state index is 12.3. The van der Waals surface area contributed by atoms with Crippen molar-refractivity contribution in [3.8, 4) is 0 Å². The molecule has 2 aliphatic rings. The summed E-state index contributed by atoms with van der Waals surface area (Å²) in [5.41, 5.74) is 1.14. The highest BCUT2D eigenvalue weighted by Gasteiger charge is 2.24. The fourth-order valence-corrected chi connectivity index (χ4v) is 3.57. The van der Waals surface area contributed by atoms with Crippen molar-refractivity contribution in [2.24, 2.45) is 0 Å². The molecule has 3 rings (SSSR count). The Hall–Kier alpha value is -1.01. The van der Waals surface area contributed by atoms with Gasteiger partial charge in [-0.2, -0.15) is 0 Å². The highest BCUT2D eigenvalue weighted by Crippen LogP contribution is 2.24. The molecule has 2 fully saturated rings. The summed E-state index contributed by atoms with van der Waals surface area (Å²) in [6.45, 7) is 5.31. The van der Waals surface area contributed by atoms with E-state index in [1.165, 1.54) is 0 Å². The van der Waals surface area contributed by atoms with Gasteiger partial charge in [-0.3, -0.25) is 4.90 Å². The molecule has 0 spiro atoms. The first-order chi connectivity index (χ1) is 11.6. The highest BCUT2D eigenvalue weighted by atomic mass is 35.5. The van der Waals surface area contributed by atoms with Gasteiger partial charge < -0.3 is 15.0 Å². The molecule has 24 heavy (non-hydrogen) atoms. The van der Waals surface area contributed by atoms with Crippen molar-refractivity contribution in [2.75, 3.05) is 39.4 Å². The van der Waals surface area contributed by atoms with Gasteiger partial charge in [0.15, 0.2) is 0 Å². The Morgan fingerprint density at radius 2 is 2.00 bits per heavy atom. The third-order valence-electron chi connectivity index (χ3n) is 4.52. The van der Waals surface area contributed by atoms with Crippen molar-refractivity contribution >= 4 is 29.2 Å². The Morgan fingerprint density at radius 1 is 1.21 bits per heavy atom. The van der Waals surface area contributed by atoms with Crippen LogP contribution in [0.15, 0.2) is 18.2 Å². The molecule has 1 atom stereocenters. The van der Waals surface area contributed by atoms with Gasteiger partial charge in [0.1, 0.15) is 0 Å². The normalized spacial score (nSPS) is 22.4. The largest absolute Gasteiger partial charge is 0.378 e. The van der Waals surface area contributed by atoms with Crippen LogP contribution < -0.4 is 5.32 Å². The molecule has 0 aliphatic carbocycles. The number of likely N-dealkylation sites (tertiary alicyclic amines) is 1. The van der Waals surface area contributed by atoms with Crippen molar-refractivity contribution in [1.29, 1.82) is 0 Å². The number of carbonyl (C=O) groups excluding carboxylic acids is 1. The Kier molecular flexibility index (Phi) is 6.22. The zero-order valence-corrected chi connectivity index (χ0v) is 15.2. The van der Waals surface area contributed by atoms with Gasteiger partial charge in [-0.25, -0.2) is 4.79 Å². The molecule has 0 saturated carbocycles. The Bertz CT molecular complexity index is 579. The first-order valence-corrected chi connectivity index (χ1v) is 9.17. The second-order valence-corrected chi connectivity index (χ2v) is 7.19. The zero-order chi connectivity index (χ0) is 16.9. The highest BCUT2D eigenvalue weighted by molar-refractivity contribution is 6.42. The van der Waals surface area contributed by atoms with Gasteiger partial charge in [0.25, 0.3) is 0 Å². The fourth-order valence-electron chi connectivity index (χ4n) is 3.25. The van der Waals surface area contributed by atoms with Gasteiger partial charge in [-0.15, -0.1) is 0 Å². The summed E-state index contributed by atoms with van der Waals surface area (Å²) in [4.78, 5) is 16.5. The van der Waals surface area contributed by atoms with Crippen LogP contribution in [0.1, 0.15) is 18.4 Å². The Labute approximate surface area is 152 Å².